The Morgan fingerprint density at radius 3 is 3.00 bits per heavy atom. The van der Waals surface area contributed by atoms with Gasteiger partial charge in [0.15, 0.2) is 0 Å². The van der Waals surface area contributed by atoms with Gasteiger partial charge in [0.2, 0.25) is 0 Å². The van der Waals surface area contributed by atoms with Crippen molar-refractivity contribution in [1.29, 1.82) is 0 Å². The van der Waals surface area contributed by atoms with Crippen LogP contribution in [0.1, 0.15) is 29.7 Å². The van der Waals surface area contributed by atoms with Crippen LogP contribution in [0.3, 0.4) is 0 Å². The second-order valence-corrected chi connectivity index (χ2v) is 5.30. The van der Waals surface area contributed by atoms with E-state index in [-0.39, 0.29) is 0 Å². The molecule has 0 atom stereocenters. The van der Waals surface area contributed by atoms with E-state index in [1.807, 2.05) is 0 Å². The zero-order valence-electron chi connectivity index (χ0n) is 9.80. The largest absolute Gasteiger partial charge is 0.358 e. The maximum absolute atomic E-state index is 3.57. The third-order valence-corrected chi connectivity index (χ3v) is 3.90. The van der Waals surface area contributed by atoms with Crippen LogP contribution in [-0.4, -0.2) is 10.3 Å². The third kappa shape index (κ3) is 2.06. The second kappa shape index (κ2) is 4.69. The van der Waals surface area contributed by atoms with E-state index in [1.54, 1.807) is 5.56 Å². The monoisotopic (exact) mass is 289 g/mol. The van der Waals surface area contributed by atoms with Crippen molar-refractivity contribution in [2.75, 3.05) is 5.33 Å². The number of aromatic amines is 1. The van der Waals surface area contributed by atoms with Gasteiger partial charge in [-0.3, -0.25) is 0 Å². The van der Waals surface area contributed by atoms with Crippen LogP contribution in [0.25, 0.3) is 17.0 Å². The Balaban J connectivity index is 2.11. The minimum Gasteiger partial charge on any atom is -0.358 e. The van der Waals surface area contributed by atoms with Gasteiger partial charge >= 0.3 is 0 Å². The molecule has 0 spiro atoms. The summed E-state index contributed by atoms with van der Waals surface area (Å²) in [5.74, 6) is 0. The molecule has 0 saturated carbocycles. The summed E-state index contributed by atoms with van der Waals surface area (Å²) in [4.78, 5) is 3.57. The molecule has 0 unspecified atom stereocenters. The van der Waals surface area contributed by atoms with E-state index in [0.717, 1.165) is 5.33 Å². The molecule has 0 fully saturated rings. The molecule has 2 aromatic rings. The average Bonchev–Trinajstić information content (AvgIpc) is 2.74. The first-order valence-corrected chi connectivity index (χ1v) is 7.36. The van der Waals surface area contributed by atoms with Crippen LogP contribution < -0.4 is 0 Å². The molecule has 17 heavy (non-hydrogen) atoms. The van der Waals surface area contributed by atoms with E-state index in [1.165, 1.54) is 47.8 Å². The van der Waals surface area contributed by atoms with Crippen LogP contribution in [-0.2, 0) is 12.8 Å². The van der Waals surface area contributed by atoms with Crippen LogP contribution in [0.2, 0.25) is 0 Å². The molecule has 1 nitrogen and oxygen atoms in total. The highest BCUT2D eigenvalue weighted by molar-refractivity contribution is 9.09. The van der Waals surface area contributed by atoms with Crippen molar-refractivity contribution >= 4 is 32.9 Å². The van der Waals surface area contributed by atoms with Crippen molar-refractivity contribution in [2.45, 2.75) is 25.7 Å². The maximum Gasteiger partial charge on any atom is 0.0459 e. The fourth-order valence-corrected chi connectivity index (χ4v) is 2.89. The normalized spacial score (nSPS) is 15.6. The molecule has 2 heteroatoms. The Hall–Kier alpha value is -1.02. The molecule has 1 aliphatic carbocycles. The quantitative estimate of drug-likeness (QED) is 0.786. The minimum absolute atomic E-state index is 0.913. The van der Waals surface area contributed by atoms with Gasteiger partial charge in [0.25, 0.3) is 0 Å². The standard InChI is InChI=1S/C15H16BrN/c16-9-3-4-11-7-8-15-13(10-11)12-5-1-2-6-14(12)17-15/h3-4,7-8,10,17H,1-2,5-6,9H2. The zero-order valence-corrected chi connectivity index (χ0v) is 11.4. The molecule has 0 amide bonds. The van der Waals surface area contributed by atoms with Crippen molar-refractivity contribution in [1.82, 2.24) is 4.98 Å². The van der Waals surface area contributed by atoms with Crippen LogP contribution in [0, 0.1) is 0 Å². The first kappa shape index (κ1) is 11.1. The van der Waals surface area contributed by atoms with E-state index in [9.17, 15) is 0 Å². The SMILES string of the molecule is BrCC=Cc1ccc2[nH]c3c(c2c1)CCCC3. The summed E-state index contributed by atoms with van der Waals surface area (Å²) in [6.07, 6.45) is 9.44. The number of fused-ring (bicyclic) bond motifs is 3. The summed E-state index contributed by atoms with van der Waals surface area (Å²) in [6.45, 7) is 0. The summed E-state index contributed by atoms with van der Waals surface area (Å²) in [5, 5.41) is 2.34. The Bertz CT molecular complexity index is 566. The molecule has 1 N–H and O–H groups in total. The Kier molecular flexibility index (Phi) is 3.06. The van der Waals surface area contributed by atoms with E-state index < -0.39 is 0 Å². The number of alkyl halides is 1. The molecule has 0 bridgehead atoms. The molecule has 1 aliphatic rings. The number of allylic oxidation sites excluding steroid dienone is 1. The van der Waals surface area contributed by atoms with Gasteiger partial charge in [-0.15, -0.1) is 0 Å². The summed E-state index contributed by atoms with van der Waals surface area (Å²) in [5.41, 5.74) is 5.62. The van der Waals surface area contributed by atoms with Gasteiger partial charge < -0.3 is 4.98 Å². The van der Waals surface area contributed by atoms with E-state index >= 15 is 0 Å². The fourth-order valence-electron chi connectivity index (χ4n) is 2.71. The van der Waals surface area contributed by atoms with Gasteiger partial charge in [0.1, 0.15) is 0 Å². The molecule has 1 aromatic heterocycles. The highest BCUT2D eigenvalue weighted by Crippen LogP contribution is 2.29. The van der Waals surface area contributed by atoms with Crippen LogP contribution in [0.4, 0.5) is 0 Å². The minimum atomic E-state index is 0.913. The summed E-state index contributed by atoms with van der Waals surface area (Å²) in [6, 6.07) is 6.71. The first-order valence-electron chi connectivity index (χ1n) is 6.24. The van der Waals surface area contributed by atoms with Crippen LogP contribution in [0.5, 0.6) is 0 Å². The Morgan fingerprint density at radius 1 is 1.24 bits per heavy atom. The second-order valence-electron chi connectivity index (χ2n) is 4.65. The molecular weight excluding hydrogens is 274 g/mol. The lowest BCUT2D eigenvalue weighted by molar-refractivity contribution is 0.680. The van der Waals surface area contributed by atoms with E-state index in [4.69, 9.17) is 0 Å². The average molecular weight is 290 g/mol. The molecule has 3 rings (SSSR count). The predicted molar refractivity (Wildman–Crippen MR) is 77.8 cm³/mol. The number of aromatic nitrogens is 1. The van der Waals surface area contributed by atoms with Gasteiger partial charge in [-0.1, -0.05) is 34.1 Å². The van der Waals surface area contributed by atoms with Crippen molar-refractivity contribution < 1.29 is 0 Å². The zero-order chi connectivity index (χ0) is 11.7. The van der Waals surface area contributed by atoms with Crippen LogP contribution in [0.15, 0.2) is 24.3 Å². The lowest BCUT2D eigenvalue weighted by Gasteiger charge is -2.10. The van der Waals surface area contributed by atoms with Crippen molar-refractivity contribution in [3.63, 3.8) is 0 Å². The summed E-state index contributed by atoms with van der Waals surface area (Å²) >= 11 is 3.42. The highest BCUT2D eigenvalue weighted by Gasteiger charge is 2.14. The van der Waals surface area contributed by atoms with E-state index in [0.29, 0.717) is 0 Å². The third-order valence-electron chi connectivity index (χ3n) is 3.52. The number of aryl methyl sites for hydroxylation is 2. The maximum atomic E-state index is 3.57. The molecule has 1 aromatic carbocycles. The first-order chi connectivity index (χ1) is 8.38. The molecule has 0 saturated heterocycles. The van der Waals surface area contributed by atoms with Crippen molar-refractivity contribution in [3.05, 3.63) is 41.1 Å². The lowest BCUT2D eigenvalue weighted by Crippen LogP contribution is -1.99. The summed E-state index contributed by atoms with van der Waals surface area (Å²) < 4.78 is 0. The van der Waals surface area contributed by atoms with Crippen molar-refractivity contribution in [2.24, 2.45) is 0 Å². The highest BCUT2D eigenvalue weighted by atomic mass is 79.9. The molecule has 1 heterocycles. The Morgan fingerprint density at radius 2 is 2.12 bits per heavy atom. The predicted octanol–water partition coefficient (Wildman–Crippen LogP) is 4.45. The lowest BCUT2D eigenvalue weighted by atomic mass is 9.95. The van der Waals surface area contributed by atoms with Crippen LogP contribution >= 0.6 is 15.9 Å². The summed E-state index contributed by atoms with van der Waals surface area (Å²) in [7, 11) is 0. The smallest absolute Gasteiger partial charge is 0.0459 e. The number of halogens is 1. The molecular formula is C15H16BrN. The molecule has 0 aliphatic heterocycles. The van der Waals surface area contributed by atoms with E-state index in [2.05, 4.69) is 51.3 Å². The number of hydrogen-bond acceptors (Lipinski definition) is 0. The molecule has 88 valence electrons. The number of H-pyrrole nitrogens is 1. The van der Waals surface area contributed by atoms with Gasteiger partial charge in [-0.2, -0.15) is 0 Å². The number of nitrogens with one attached hydrogen (secondary N) is 1. The van der Waals surface area contributed by atoms with Crippen molar-refractivity contribution in [3.8, 4) is 0 Å². The number of rotatable bonds is 2. The van der Waals surface area contributed by atoms with Gasteiger partial charge in [-0.25, -0.2) is 0 Å². The molecule has 0 radical (unpaired) electrons. The topological polar surface area (TPSA) is 15.8 Å². The number of benzene rings is 1. The fraction of sp³-hybridized carbons (Fsp3) is 0.333. The Labute approximate surface area is 110 Å². The number of hydrogen-bond donors (Lipinski definition) is 1. The van der Waals surface area contributed by atoms with Gasteiger partial charge in [-0.05, 0) is 48.9 Å². The van der Waals surface area contributed by atoms with Gasteiger partial charge in [0.05, 0.1) is 0 Å². The van der Waals surface area contributed by atoms with Gasteiger partial charge in [0, 0.05) is 21.9 Å².